The third-order valence-electron chi connectivity index (χ3n) is 6.01. The molecule has 3 rings (SSSR count). The molecular formula is C21H29N3O4S. The van der Waals surface area contributed by atoms with E-state index in [2.05, 4.69) is 29.3 Å². The quantitative estimate of drug-likeness (QED) is 0.771. The van der Waals surface area contributed by atoms with Gasteiger partial charge in [0.15, 0.2) is 9.84 Å². The smallest absolute Gasteiger partial charge is 0.242 e. The van der Waals surface area contributed by atoms with Crippen LogP contribution in [0.1, 0.15) is 51.5 Å². The lowest BCUT2D eigenvalue weighted by atomic mass is 9.78. The molecule has 1 N–H and O–H groups in total. The monoisotopic (exact) mass is 419 g/mol. The van der Waals surface area contributed by atoms with Crippen LogP contribution in [0.25, 0.3) is 11.4 Å². The highest BCUT2D eigenvalue weighted by atomic mass is 32.2. The van der Waals surface area contributed by atoms with E-state index in [0.29, 0.717) is 17.7 Å². The largest absolute Gasteiger partial charge is 0.352 e. The van der Waals surface area contributed by atoms with Crippen LogP contribution in [0, 0.1) is 18.8 Å². The first-order chi connectivity index (χ1) is 13.7. The summed E-state index contributed by atoms with van der Waals surface area (Å²) < 4.78 is 30.6. The van der Waals surface area contributed by atoms with Crippen molar-refractivity contribution < 1.29 is 17.7 Å². The Kier molecular flexibility index (Phi) is 6.41. The van der Waals surface area contributed by atoms with E-state index in [4.69, 9.17) is 4.52 Å². The van der Waals surface area contributed by atoms with Gasteiger partial charge in [0.2, 0.25) is 17.6 Å². The van der Waals surface area contributed by atoms with Crippen LogP contribution >= 0.6 is 0 Å². The second-order valence-corrected chi connectivity index (χ2v) is 10.5. The second kappa shape index (κ2) is 8.65. The maximum absolute atomic E-state index is 12.7. The number of carbonyl (C=O) groups excluding carboxylic acids is 1. The van der Waals surface area contributed by atoms with Crippen LogP contribution in [-0.4, -0.2) is 35.8 Å². The predicted molar refractivity (Wildman–Crippen MR) is 111 cm³/mol. The van der Waals surface area contributed by atoms with Crippen molar-refractivity contribution in [3.05, 3.63) is 35.7 Å². The van der Waals surface area contributed by atoms with Crippen molar-refractivity contribution in [3.8, 4) is 11.4 Å². The Hall–Kier alpha value is -2.22. The maximum atomic E-state index is 12.7. The highest BCUT2D eigenvalue weighted by Gasteiger charge is 2.34. The van der Waals surface area contributed by atoms with Crippen LogP contribution < -0.4 is 5.32 Å². The number of aromatic nitrogens is 2. The third kappa shape index (κ3) is 5.04. The van der Waals surface area contributed by atoms with Crippen molar-refractivity contribution >= 4 is 15.7 Å². The molecule has 1 heterocycles. The average Bonchev–Trinajstić information content (AvgIpc) is 3.12. The van der Waals surface area contributed by atoms with Crippen molar-refractivity contribution in [2.24, 2.45) is 11.8 Å². The van der Waals surface area contributed by atoms with Gasteiger partial charge in [-0.2, -0.15) is 4.98 Å². The molecule has 0 bridgehead atoms. The Morgan fingerprint density at radius 1 is 1.31 bits per heavy atom. The first kappa shape index (κ1) is 21.5. The van der Waals surface area contributed by atoms with Crippen LogP contribution in [0.3, 0.4) is 0 Å². The summed E-state index contributed by atoms with van der Waals surface area (Å²) in [4.78, 5) is 16.8. The maximum Gasteiger partial charge on any atom is 0.242 e. The fourth-order valence-corrected chi connectivity index (χ4v) is 4.87. The van der Waals surface area contributed by atoms with E-state index < -0.39 is 26.7 Å². The summed E-state index contributed by atoms with van der Waals surface area (Å²) in [6, 6.07) is 7.56. The van der Waals surface area contributed by atoms with Crippen LogP contribution in [-0.2, 0) is 20.4 Å². The summed E-state index contributed by atoms with van der Waals surface area (Å²) in [7, 11) is -3.78. The van der Waals surface area contributed by atoms with Gasteiger partial charge in [0.25, 0.3) is 0 Å². The van der Waals surface area contributed by atoms with Crippen LogP contribution in [0.2, 0.25) is 0 Å². The van der Waals surface area contributed by atoms with E-state index in [-0.39, 0.29) is 11.9 Å². The Balaban J connectivity index is 1.66. The molecule has 7 nitrogen and oxygen atoms in total. The van der Waals surface area contributed by atoms with Crippen molar-refractivity contribution in [2.75, 3.05) is 0 Å². The Labute approximate surface area is 172 Å². The van der Waals surface area contributed by atoms with E-state index in [1.54, 1.807) is 0 Å². The summed E-state index contributed by atoms with van der Waals surface area (Å²) in [6.07, 6.45) is 3.07. The van der Waals surface area contributed by atoms with Crippen molar-refractivity contribution in [2.45, 2.75) is 64.0 Å². The summed E-state index contributed by atoms with van der Waals surface area (Å²) >= 11 is 0. The minimum atomic E-state index is -3.78. The number of rotatable bonds is 6. The van der Waals surface area contributed by atoms with Crippen molar-refractivity contribution in [1.29, 1.82) is 0 Å². The number of hydrogen-bond acceptors (Lipinski definition) is 6. The lowest BCUT2D eigenvalue weighted by Crippen LogP contribution is -2.48. The Morgan fingerprint density at radius 3 is 2.79 bits per heavy atom. The third-order valence-corrected chi connectivity index (χ3v) is 7.95. The number of aryl methyl sites for hydroxylation is 1. The van der Waals surface area contributed by atoms with Gasteiger partial charge in [0.1, 0.15) is 11.0 Å². The highest BCUT2D eigenvalue weighted by Crippen LogP contribution is 2.29. The van der Waals surface area contributed by atoms with Gasteiger partial charge in [0, 0.05) is 11.6 Å². The molecule has 1 aliphatic rings. The molecule has 1 saturated carbocycles. The van der Waals surface area contributed by atoms with Crippen LogP contribution in [0.4, 0.5) is 0 Å². The fraction of sp³-hybridized carbons (Fsp3) is 0.571. The SMILES string of the molecule is Cc1cccc(-c2noc(CS(=O)(=O)[C@H](C)C(=O)N[C@@H]3CCC[C@H](C)[C@H]3C)n2)c1. The minimum Gasteiger partial charge on any atom is -0.352 e. The van der Waals surface area contributed by atoms with Gasteiger partial charge in [-0.1, -0.05) is 55.6 Å². The van der Waals surface area contributed by atoms with Gasteiger partial charge in [-0.15, -0.1) is 0 Å². The van der Waals surface area contributed by atoms with E-state index in [9.17, 15) is 13.2 Å². The topological polar surface area (TPSA) is 102 Å². The molecule has 0 saturated heterocycles. The molecule has 0 spiro atoms. The van der Waals surface area contributed by atoms with Gasteiger partial charge < -0.3 is 9.84 Å². The molecule has 1 aromatic carbocycles. The van der Waals surface area contributed by atoms with E-state index in [1.807, 2.05) is 31.2 Å². The number of sulfone groups is 1. The molecule has 1 amide bonds. The summed E-state index contributed by atoms with van der Waals surface area (Å²) in [5.41, 5.74) is 1.79. The average molecular weight is 420 g/mol. The fourth-order valence-electron chi connectivity index (χ4n) is 3.76. The highest BCUT2D eigenvalue weighted by molar-refractivity contribution is 7.92. The minimum absolute atomic E-state index is 0.0131. The first-order valence-corrected chi connectivity index (χ1v) is 11.8. The number of benzene rings is 1. The second-order valence-electron chi connectivity index (χ2n) is 8.21. The zero-order valence-corrected chi connectivity index (χ0v) is 18.2. The summed E-state index contributed by atoms with van der Waals surface area (Å²) in [5, 5.41) is 5.64. The molecule has 0 aliphatic heterocycles. The van der Waals surface area contributed by atoms with Crippen molar-refractivity contribution in [3.63, 3.8) is 0 Å². The van der Waals surface area contributed by atoms with Gasteiger partial charge in [0.05, 0.1) is 0 Å². The first-order valence-electron chi connectivity index (χ1n) is 10.1. The zero-order chi connectivity index (χ0) is 21.2. The number of nitrogens with one attached hydrogen (secondary N) is 1. The number of amides is 1. The van der Waals surface area contributed by atoms with Crippen LogP contribution in [0.5, 0.6) is 0 Å². The van der Waals surface area contributed by atoms with Gasteiger partial charge in [-0.25, -0.2) is 8.42 Å². The molecule has 0 radical (unpaired) electrons. The molecule has 4 atom stereocenters. The predicted octanol–water partition coefficient (Wildman–Crippen LogP) is 3.29. The molecule has 1 aliphatic carbocycles. The van der Waals surface area contributed by atoms with Gasteiger partial charge in [-0.05, 0) is 38.2 Å². The molecule has 29 heavy (non-hydrogen) atoms. The lowest BCUT2D eigenvalue weighted by Gasteiger charge is -2.35. The number of hydrogen-bond donors (Lipinski definition) is 1. The van der Waals surface area contributed by atoms with Crippen molar-refractivity contribution in [1.82, 2.24) is 15.5 Å². The molecule has 8 heteroatoms. The number of carbonyl (C=O) groups is 1. The molecule has 2 aromatic rings. The van der Waals surface area contributed by atoms with E-state index >= 15 is 0 Å². The van der Waals surface area contributed by atoms with E-state index in [1.165, 1.54) is 6.92 Å². The molecule has 1 fully saturated rings. The molecule has 158 valence electrons. The van der Waals surface area contributed by atoms with Gasteiger partial charge in [-0.3, -0.25) is 4.79 Å². The normalized spacial score (nSPS) is 23.5. The number of nitrogens with zero attached hydrogens (tertiary/aromatic N) is 2. The standard InChI is InChI=1S/C21H29N3O4S/c1-13-7-5-9-17(11-13)20-23-19(28-24-20)12-29(26,27)16(4)21(25)22-18-10-6-8-14(2)15(18)3/h5,7,9,11,14-16,18H,6,8,10,12H2,1-4H3,(H,22,25)/t14-,15+,16+,18+/m0/s1. The Bertz CT molecular complexity index is 970. The summed E-state index contributed by atoms with van der Waals surface area (Å²) in [6.45, 7) is 7.65. The molecule has 0 unspecified atom stereocenters. The molecule has 1 aromatic heterocycles. The molecular weight excluding hydrogens is 390 g/mol. The Morgan fingerprint density at radius 2 is 2.07 bits per heavy atom. The van der Waals surface area contributed by atoms with E-state index in [0.717, 1.165) is 30.4 Å². The van der Waals surface area contributed by atoms with Gasteiger partial charge >= 0.3 is 0 Å². The summed E-state index contributed by atoms with van der Waals surface area (Å²) in [5.74, 6) is 0.239. The van der Waals surface area contributed by atoms with Crippen LogP contribution in [0.15, 0.2) is 28.8 Å². The zero-order valence-electron chi connectivity index (χ0n) is 17.4. The lowest BCUT2D eigenvalue weighted by molar-refractivity contribution is -0.121.